The van der Waals surface area contributed by atoms with Crippen molar-refractivity contribution in [1.82, 2.24) is 0 Å². The molecule has 1 aliphatic rings. The number of ether oxygens (including phenoxy) is 1. The quantitative estimate of drug-likeness (QED) is 0.591. The molecule has 2 aromatic rings. The molecule has 2 nitrogen and oxygen atoms in total. The lowest BCUT2D eigenvalue weighted by molar-refractivity contribution is -0.147. The predicted octanol–water partition coefficient (Wildman–Crippen LogP) is 4.67. The van der Waals surface area contributed by atoms with Crippen LogP contribution in [0.5, 0.6) is 0 Å². The molecule has 0 saturated carbocycles. The van der Waals surface area contributed by atoms with Crippen LogP contribution in [0.25, 0.3) is 10.8 Å². The summed E-state index contributed by atoms with van der Waals surface area (Å²) < 4.78 is 5.25. The van der Waals surface area contributed by atoms with E-state index in [1.165, 1.54) is 21.9 Å². The Bertz CT molecular complexity index is 700. The molecule has 3 rings (SSSR count). The van der Waals surface area contributed by atoms with Crippen molar-refractivity contribution < 1.29 is 9.53 Å². The van der Waals surface area contributed by atoms with Crippen molar-refractivity contribution >= 4 is 16.7 Å². The van der Waals surface area contributed by atoms with Crippen LogP contribution >= 0.6 is 0 Å². The lowest BCUT2D eigenvalue weighted by atomic mass is 9.96. The molecule has 114 valence electrons. The Morgan fingerprint density at radius 3 is 2.73 bits per heavy atom. The number of esters is 1. The van der Waals surface area contributed by atoms with E-state index in [1.807, 2.05) is 6.92 Å². The maximum absolute atomic E-state index is 11.5. The van der Waals surface area contributed by atoms with Gasteiger partial charge < -0.3 is 4.74 Å². The number of fused-ring (bicyclic) bond motifs is 1. The lowest BCUT2D eigenvalue weighted by Gasteiger charge is -2.19. The summed E-state index contributed by atoms with van der Waals surface area (Å²) in [5.41, 5.74) is 2.64. The van der Waals surface area contributed by atoms with Gasteiger partial charge in [0.25, 0.3) is 0 Å². The summed E-state index contributed by atoms with van der Waals surface area (Å²) in [4.78, 5) is 11.5. The predicted molar refractivity (Wildman–Crippen MR) is 89.7 cm³/mol. The number of benzene rings is 2. The molecular weight excluding hydrogens is 272 g/mol. The first-order chi connectivity index (χ1) is 10.8. The van der Waals surface area contributed by atoms with Gasteiger partial charge in [0.2, 0.25) is 0 Å². The summed E-state index contributed by atoms with van der Waals surface area (Å²) in [5, 5.41) is 2.59. The van der Waals surface area contributed by atoms with Crippen LogP contribution < -0.4 is 0 Å². The Morgan fingerprint density at radius 1 is 1.09 bits per heavy atom. The second-order valence-corrected chi connectivity index (χ2v) is 5.98. The van der Waals surface area contributed by atoms with Gasteiger partial charge in [0.1, 0.15) is 6.61 Å². The fraction of sp³-hybridized carbons (Fsp3) is 0.350. The van der Waals surface area contributed by atoms with Crippen LogP contribution in [0.4, 0.5) is 0 Å². The molecule has 0 bridgehead atoms. The van der Waals surface area contributed by atoms with Gasteiger partial charge in [0, 0.05) is 0 Å². The minimum Gasteiger partial charge on any atom is -0.461 e. The number of rotatable bonds is 5. The van der Waals surface area contributed by atoms with E-state index in [2.05, 4.69) is 48.5 Å². The number of aryl methyl sites for hydroxylation is 1. The Kier molecular flexibility index (Phi) is 4.57. The first-order valence-electron chi connectivity index (χ1n) is 8.10. The zero-order chi connectivity index (χ0) is 15.4. The van der Waals surface area contributed by atoms with Gasteiger partial charge in [-0.25, -0.2) is 0 Å². The Labute approximate surface area is 131 Å². The highest BCUT2D eigenvalue weighted by Gasteiger charge is 2.21. The van der Waals surface area contributed by atoms with Gasteiger partial charge in [-0.1, -0.05) is 55.5 Å². The van der Waals surface area contributed by atoms with E-state index >= 15 is 0 Å². The average Bonchev–Trinajstić information content (AvgIpc) is 2.56. The van der Waals surface area contributed by atoms with Gasteiger partial charge in [0.05, 0.1) is 5.92 Å². The summed E-state index contributed by atoms with van der Waals surface area (Å²) in [6.07, 6.45) is 6.11. The number of carbonyl (C=O) groups is 1. The van der Waals surface area contributed by atoms with Gasteiger partial charge >= 0.3 is 5.97 Å². The molecule has 22 heavy (non-hydrogen) atoms. The van der Waals surface area contributed by atoms with Crippen LogP contribution in [0.2, 0.25) is 0 Å². The van der Waals surface area contributed by atoms with E-state index in [1.54, 1.807) is 0 Å². The van der Waals surface area contributed by atoms with Crippen LogP contribution in [-0.2, 0) is 16.0 Å². The summed E-state index contributed by atoms with van der Waals surface area (Å²) in [5.74, 6) is -0.106. The van der Waals surface area contributed by atoms with Gasteiger partial charge in [0.15, 0.2) is 0 Å². The second-order valence-electron chi connectivity index (χ2n) is 5.98. The third-order valence-corrected chi connectivity index (χ3v) is 4.36. The molecule has 0 saturated heterocycles. The van der Waals surface area contributed by atoms with Crippen molar-refractivity contribution in [3.05, 3.63) is 59.7 Å². The van der Waals surface area contributed by atoms with Gasteiger partial charge in [-0.2, -0.15) is 0 Å². The molecule has 0 fully saturated rings. The minimum absolute atomic E-state index is 0.0376. The topological polar surface area (TPSA) is 26.3 Å². The molecular formula is C20H22O2. The second kappa shape index (κ2) is 6.78. The standard InChI is InChI=1S/C20H22O2/c1-2-17-13-16(14-22-20(17)21)7-5-6-15-10-11-18-8-3-4-9-19(18)12-15/h3-4,8-13,17H,2,5-7,14H2,1H3/t17-/m0/s1. The fourth-order valence-corrected chi connectivity index (χ4v) is 3.03. The Balaban J connectivity index is 1.59. The first-order valence-corrected chi connectivity index (χ1v) is 8.10. The molecule has 1 aliphatic heterocycles. The van der Waals surface area contributed by atoms with E-state index in [0.717, 1.165) is 25.7 Å². The molecule has 0 amide bonds. The lowest BCUT2D eigenvalue weighted by Crippen LogP contribution is -2.22. The minimum atomic E-state index is -0.0687. The monoisotopic (exact) mass is 294 g/mol. The van der Waals surface area contributed by atoms with E-state index in [4.69, 9.17) is 4.74 Å². The molecule has 0 N–H and O–H groups in total. The number of hydrogen-bond acceptors (Lipinski definition) is 2. The van der Waals surface area contributed by atoms with Crippen LogP contribution in [0, 0.1) is 5.92 Å². The average molecular weight is 294 g/mol. The van der Waals surface area contributed by atoms with Gasteiger partial charge in [-0.05, 0) is 47.6 Å². The van der Waals surface area contributed by atoms with Crippen LogP contribution in [0.15, 0.2) is 54.1 Å². The fourth-order valence-electron chi connectivity index (χ4n) is 3.03. The SMILES string of the molecule is CC[C@H]1C=C(CCCc2ccc3ccccc3c2)COC1=O. The molecule has 1 atom stereocenters. The molecule has 2 heteroatoms. The summed E-state index contributed by atoms with van der Waals surface area (Å²) >= 11 is 0. The smallest absolute Gasteiger partial charge is 0.313 e. The highest BCUT2D eigenvalue weighted by molar-refractivity contribution is 5.83. The molecule has 0 aliphatic carbocycles. The number of carbonyl (C=O) groups excluding carboxylic acids is 1. The molecule has 0 unspecified atom stereocenters. The highest BCUT2D eigenvalue weighted by Crippen LogP contribution is 2.22. The zero-order valence-electron chi connectivity index (χ0n) is 13.0. The highest BCUT2D eigenvalue weighted by atomic mass is 16.5. The number of hydrogen-bond donors (Lipinski definition) is 0. The third kappa shape index (κ3) is 3.38. The Hall–Kier alpha value is -2.09. The van der Waals surface area contributed by atoms with Crippen molar-refractivity contribution in [2.45, 2.75) is 32.6 Å². The van der Waals surface area contributed by atoms with Crippen molar-refractivity contribution in [2.75, 3.05) is 6.61 Å². The van der Waals surface area contributed by atoms with Crippen molar-refractivity contribution in [3.63, 3.8) is 0 Å². The number of cyclic esters (lactones) is 1. The van der Waals surface area contributed by atoms with Crippen molar-refractivity contribution in [3.8, 4) is 0 Å². The first kappa shape index (κ1) is 14.8. The maximum Gasteiger partial charge on any atom is 0.313 e. The van der Waals surface area contributed by atoms with Crippen LogP contribution in [-0.4, -0.2) is 12.6 Å². The normalized spacial score (nSPS) is 18.1. The van der Waals surface area contributed by atoms with Gasteiger partial charge in [-0.3, -0.25) is 4.79 Å². The third-order valence-electron chi connectivity index (χ3n) is 4.36. The zero-order valence-corrected chi connectivity index (χ0v) is 13.0. The van der Waals surface area contributed by atoms with E-state index in [-0.39, 0.29) is 11.9 Å². The largest absolute Gasteiger partial charge is 0.461 e. The molecule has 0 radical (unpaired) electrons. The molecule has 1 heterocycles. The van der Waals surface area contributed by atoms with E-state index in [9.17, 15) is 4.79 Å². The van der Waals surface area contributed by atoms with Gasteiger partial charge in [-0.15, -0.1) is 0 Å². The van der Waals surface area contributed by atoms with Crippen LogP contribution in [0.3, 0.4) is 0 Å². The van der Waals surface area contributed by atoms with Crippen molar-refractivity contribution in [2.24, 2.45) is 5.92 Å². The summed E-state index contributed by atoms with van der Waals surface area (Å²) in [6, 6.07) is 15.1. The van der Waals surface area contributed by atoms with Crippen molar-refractivity contribution in [1.29, 1.82) is 0 Å². The van der Waals surface area contributed by atoms with E-state index < -0.39 is 0 Å². The summed E-state index contributed by atoms with van der Waals surface area (Å²) in [7, 11) is 0. The Morgan fingerprint density at radius 2 is 1.91 bits per heavy atom. The maximum atomic E-state index is 11.5. The molecule has 0 spiro atoms. The molecule has 2 aromatic carbocycles. The molecule has 0 aromatic heterocycles. The van der Waals surface area contributed by atoms with E-state index in [0.29, 0.717) is 6.61 Å². The summed E-state index contributed by atoms with van der Waals surface area (Å²) in [6.45, 7) is 2.51. The van der Waals surface area contributed by atoms with Crippen LogP contribution in [0.1, 0.15) is 31.7 Å².